The molecule has 2 rings (SSSR count). The molecule has 0 aliphatic carbocycles. The summed E-state index contributed by atoms with van der Waals surface area (Å²) < 4.78 is 24.1. The quantitative estimate of drug-likeness (QED) is 0.885. The number of aryl methyl sites for hydroxylation is 1. The highest BCUT2D eigenvalue weighted by Gasteiger charge is 2.17. The highest BCUT2D eigenvalue weighted by molar-refractivity contribution is 5.36. The van der Waals surface area contributed by atoms with E-state index in [0.717, 1.165) is 11.3 Å². The number of hydrogen-bond acceptors (Lipinski definition) is 3. The first-order valence-electron chi connectivity index (χ1n) is 6.79. The first-order chi connectivity index (χ1) is 10.2. The molecule has 0 aliphatic heterocycles. The van der Waals surface area contributed by atoms with E-state index in [9.17, 15) is 9.50 Å². The molecule has 1 N–H and O–H groups in total. The molecular formula is C17H19FO3. The Morgan fingerprint density at radius 3 is 2.38 bits per heavy atom. The lowest BCUT2D eigenvalue weighted by molar-refractivity contribution is 0.158. The van der Waals surface area contributed by atoms with Crippen LogP contribution in [0.1, 0.15) is 23.7 Å². The van der Waals surface area contributed by atoms with E-state index in [4.69, 9.17) is 9.47 Å². The van der Waals surface area contributed by atoms with Gasteiger partial charge in [0.25, 0.3) is 0 Å². The average molecular weight is 290 g/mol. The summed E-state index contributed by atoms with van der Waals surface area (Å²) in [6.07, 6.45) is 0.162. The minimum Gasteiger partial charge on any atom is -0.497 e. The van der Waals surface area contributed by atoms with Gasteiger partial charge in [-0.15, -0.1) is 0 Å². The van der Waals surface area contributed by atoms with E-state index in [1.165, 1.54) is 13.2 Å². The average Bonchev–Trinajstić information content (AvgIpc) is 2.52. The van der Waals surface area contributed by atoms with E-state index in [0.29, 0.717) is 18.6 Å². The number of benzene rings is 2. The normalized spacial score (nSPS) is 12.0. The first-order valence-corrected chi connectivity index (χ1v) is 6.79. The molecule has 0 amide bonds. The van der Waals surface area contributed by atoms with Gasteiger partial charge in [-0.05, 0) is 42.7 Å². The Morgan fingerprint density at radius 2 is 1.76 bits per heavy atom. The summed E-state index contributed by atoms with van der Waals surface area (Å²) in [6.45, 7) is 0. The van der Waals surface area contributed by atoms with Crippen LogP contribution in [0.3, 0.4) is 0 Å². The monoisotopic (exact) mass is 290 g/mol. The fourth-order valence-corrected chi connectivity index (χ4v) is 2.26. The molecule has 4 heteroatoms. The molecular weight excluding hydrogens is 271 g/mol. The molecule has 112 valence electrons. The zero-order valence-electron chi connectivity index (χ0n) is 12.2. The second-order valence-electron chi connectivity index (χ2n) is 4.76. The molecule has 0 radical (unpaired) electrons. The molecule has 0 saturated carbocycles. The molecule has 2 aromatic carbocycles. The van der Waals surface area contributed by atoms with Crippen LogP contribution >= 0.6 is 0 Å². The van der Waals surface area contributed by atoms with Gasteiger partial charge in [0, 0.05) is 0 Å². The number of aliphatic hydroxyl groups excluding tert-OH is 1. The molecule has 0 aliphatic rings. The number of ether oxygens (including phenoxy) is 2. The standard InChI is InChI=1S/C17H19FO3/c1-20-13-9-6-12(7-10-13)8-11-15(19)17-14(18)4-3-5-16(17)21-2/h3-7,9-10,15,19H,8,11H2,1-2H3. The van der Waals surface area contributed by atoms with Gasteiger partial charge in [-0.2, -0.15) is 0 Å². The van der Waals surface area contributed by atoms with Crippen LogP contribution in [0.2, 0.25) is 0 Å². The molecule has 0 aromatic heterocycles. The van der Waals surface area contributed by atoms with Crippen LogP contribution in [0.5, 0.6) is 11.5 Å². The van der Waals surface area contributed by atoms with Crippen molar-refractivity contribution in [3.8, 4) is 11.5 Å². The van der Waals surface area contributed by atoms with Gasteiger partial charge in [0.15, 0.2) is 0 Å². The van der Waals surface area contributed by atoms with Crippen molar-refractivity contribution in [1.82, 2.24) is 0 Å². The van der Waals surface area contributed by atoms with Crippen LogP contribution in [-0.4, -0.2) is 19.3 Å². The summed E-state index contributed by atoms with van der Waals surface area (Å²) in [4.78, 5) is 0. The smallest absolute Gasteiger partial charge is 0.132 e. The third-order valence-corrected chi connectivity index (χ3v) is 3.43. The SMILES string of the molecule is COc1ccc(CCC(O)c2c(F)cccc2OC)cc1. The second-order valence-corrected chi connectivity index (χ2v) is 4.76. The van der Waals surface area contributed by atoms with E-state index in [1.807, 2.05) is 24.3 Å². The van der Waals surface area contributed by atoms with Crippen LogP contribution in [0, 0.1) is 5.82 Å². The van der Waals surface area contributed by atoms with Crippen LogP contribution in [0.25, 0.3) is 0 Å². The lowest BCUT2D eigenvalue weighted by atomic mass is 10.00. The maximum absolute atomic E-state index is 13.9. The largest absolute Gasteiger partial charge is 0.497 e. The summed E-state index contributed by atoms with van der Waals surface area (Å²) in [5.74, 6) is 0.712. The van der Waals surface area contributed by atoms with Crippen LogP contribution in [0.4, 0.5) is 4.39 Å². The summed E-state index contributed by atoms with van der Waals surface area (Å²) >= 11 is 0. The van der Waals surface area contributed by atoms with Crippen molar-refractivity contribution in [2.45, 2.75) is 18.9 Å². The summed E-state index contributed by atoms with van der Waals surface area (Å²) in [5, 5.41) is 10.2. The molecule has 0 bridgehead atoms. The lowest BCUT2D eigenvalue weighted by Crippen LogP contribution is -2.05. The van der Waals surface area contributed by atoms with E-state index >= 15 is 0 Å². The van der Waals surface area contributed by atoms with E-state index in [-0.39, 0.29) is 5.56 Å². The number of halogens is 1. The fraction of sp³-hybridized carbons (Fsp3) is 0.294. The molecule has 1 atom stereocenters. The zero-order chi connectivity index (χ0) is 15.2. The summed E-state index contributed by atoms with van der Waals surface area (Å²) in [5.41, 5.74) is 1.28. The summed E-state index contributed by atoms with van der Waals surface area (Å²) in [6, 6.07) is 12.1. The van der Waals surface area contributed by atoms with Crippen molar-refractivity contribution in [2.75, 3.05) is 14.2 Å². The molecule has 3 nitrogen and oxygen atoms in total. The minimum atomic E-state index is -0.900. The maximum Gasteiger partial charge on any atom is 0.132 e. The lowest BCUT2D eigenvalue weighted by Gasteiger charge is -2.15. The third kappa shape index (κ3) is 3.73. The topological polar surface area (TPSA) is 38.7 Å². The van der Waals surface area contributed by atoms with Crippen LogP contribution < -0.4 is 9.47 Å². The number of rotatable bonds is 6. The molecule has 21 heavy (non-hydrogen) atoms. The van der Waals surface area contributed by atoms with Crippen molar-refractivity contribution in [1.29, 1.82) is 0 Å². The molecule has 1 unspecified atom stereocenters. The molecule has 0 spiro atoms. The number of methoxy groups -OCH3 is 2. The molecule has 0 fully saturated rings. The Kier molecular flexibility index (Phi) is 5.17. The van der Waals surface area contributed by atoms with Crippen LogP contribution in [0.15, 0.2) is 42.5 Å². The fourth-order valence-electron chi connectivity index (χ4n) is 2.26. The van der Waals surface area contributed by atoms with Gasteiger partial charge in [0.1, 0.15) is 17.3 Å². The van der Waals surface area contributed by atoms with Gasteiger partial charge < -0.3 is 14.6 Å². The third-order valence-electron chi connectivity index (χ3n) is 3.43. The van der Waals surface area contributed by atoms with E-state index in [1.54, 1.807) is 19.2 Å². The van der Waals surface area contributed by atoms with Gasteiger partial charge in [-0.25, -0.2) is 4.39 Å². The Hall–Kier alpha value is -2.07. The number of hydrogen-bond donors (Lipinski definition) is 1. The van der Waals surface area contributed by atoms with Gasteiger partial charge in [0.2, 0.25) is 0 Å². The van der Waals surface area contributed by atoms with Crippen LogP contribution in [-0.2, 0) is 6.42 Å². The Bertz CT molecular complexity index is 581. The predicted molar refractivity (Wildman–Crippen MR) is 79.2 cm³/mol. The van der Waals surface area contributed by atoms with Crippen molar-refractivity contribution in [3.63, 3.8) is 0 Å². The molecule has 2 aromatic rings. The van der Waals surface area contributed by atoms with Gasteiger partial charge >= 0.3 is 0 Å². The van der Waals surface area contributed by atoms with Gasteiger partial charge in [-0.3, -0.25) is 0 Å². The Labute approximate surface area is 124 Å². The highest BCUT2D eigenvalue weighted by atomic mass is 19.1. The van der Waals surface area contributed by atoms with Gasteiger partial charge in [0.05, 0.1) is 25.9 Å². The van der Waals surface area contributed by atoms with E-state index in [2.05, 4.69) is 0 Å². The van der Waals surface area contributed by atoms with Crippen molar-refractivity contribution < 1.29 is 19.0 Å². The Morgan fingerprint density at radius 1 is 1.05 bits per heavy atom. The first kappa shape index (κ1) is 15.3. The van der Waals surface area contributed by atoms with E-state index < -0.39 is 11.9 Å². The highest BCUT2D eigenvalue weighted by Crippen LogP contribution is 2.30. The predicted octanol–water partition coefficient (Wildman–Crippen LogP) is 3.51. The number of aliphatic hydroxyl groups is 1. The van der Waals surface area contributed by atoms with Crippen molar-refractivity contribution in [3.05, 3.63) is 59.4 Å². The van der Waals surface area contributed by atoms with Crippen molar-refractivity contribution in [2.24, 2.45) is 0 Å². The zero-order valence-corrected chi connectivity index (χ0v) is 12.2. The minimum absolute atomic E-state index is 0.216. The maximum atomic E-state index is 13.9. The second kappa shape index (κ2) is 7.09. The van der Waals surface area contributed by atoms with Crippen molar-refractivity contribution >= 4 is 0 Å². The summed E-state index contributed by atoms with van der Waals surface area (Å²) in [7, 11) is 3.08. The molecule has 0 heterocycles. The molecule has 0 saturated heterocycles. The Balaban J connectivity index is 2.06. The van der Waals surface area contributed by atoms with Gasteiger partial charge in [-0.1, -0.05) is 18.2 Å².